The standard InChI is InChI=1S/C14H18O/c1-3-14(8-9-14)13(15)10-12-6-4-11(2)5-7-12/h4-7H,3,8-10H2,1-2H3. The fraction of sp³-hybridized carbons (Fsp3) is 0.500. The number of benzene rings is 1. The number of aryl methyl sites for hydroxylation is 1. The Bertz CT molecular complexity index is 357. The molecule has 0 bridgehead atoms. The van der Waals surface area contributed by atoms with E-state index < -0.39 is 0 Å². The molecule has 0 radical (unpaired) electrons. The molecule has 1 fully saturated rings. The lowest BCUT2D eigenvalue weighted by Gasteiger charge is -2.10. The summed E-state index contributed by atoms with van der Waals surface area (Å²) < 4.78 is 0. The summed E-state index contributed by atoms with van der Waals surface area (Å²) >= 11 is 0. The predicted octanol–water partition coefficient (Wildman–Crippen LogP) is 3.30. The maximum Gasteiger partial charge on any atom is 0.143 e. The smallest absolute Gasteiger partial charge is 0.143 e. The predicted molar refractivity (Wildman–Crippen MR) is 61.8 cm³/mol. The van der Waals surface area contributed by atoms with Crippen LogP contribution in [0.15, 0.2) is 24.3 Å². The van der Waals surface area contributed by atoms with Crippen molar-refractivity contribution in [2.24, 2.45) is 5.41 Å². The fourth-order valence-corrected chi connectivity index (χ4v) is 2.06. The first kappa shape index (κ1) is 10.4. The van der Waals surface area contributed by atoms with Gasteiger partial charge in [-0.05, 0) is 31.7 Å². The lowest BCUT2D eigenvalue weighted by atomic mass is 9.92. The van der Waals surface area contributed by atoms with Crippen LogP contribution in [0.2, 0.25) is 0 Å². The molecule has 0 atom stereocenters. The Hall–Kier alpha value is -1.11. The van der Waals surface area contributed by atoms with Gasteiger partial charge in [0.15, 0.2) is 0 Å². The van der Waals surface area contributed by atoms with E-state index in [-0.39, 0.29) is 5.41 Å². The summed E-state index contributed by atoms with van der Waals surface area (Å²) in [7, 11) is 0. The van der Waals surface area contributed by atoms with Gasteiger partial charge in [0.2, 0.25) is 0 Å². The lowest BCUT2D eigenvalue weighted by Crippen LogP contribution is -2.17. The van der Waals surface area contributed by atoms with Crippen LogP contribution < -0.4 is 0 Å². The monoisotopic (exact) mass is 202 g/mol. The molecule has 1 heteroatoms. The molecule has 0 heterocycles. The van der Waals surface area contributed by atoms with Crippen LogP contribution in [0.4, 0.5) is 0 Å². The zero-order chi connectivity index (χ0) is 10.9. The third kappa shape index (κ3) is 2.11. The Morgan fingerprint density at radius 2 is 1.87 bits per heavy atom. The van der Waals surface area contributed by atoms with Gasteiger partial charge in [0.05, 0.1) is 0 Å². The van der Waals surface area contributed by atoms with Crippen LogP contribution in [-0.2, 0) is 11.2 Å². The lowest BCUT2D eigenvalue weighted by molar-refractivity contribution is -0.123. The minimum absolute atomic E-state index is 0.0604. The van der Waals surface area contributed by atoms with Crippen molar-refractivity contribution in [2.75, 3.05) is 0 Å². The average molecular weight is 202 g/mol. The summed E-state index contributed by atoms with van der Waals surface area (Å²) in [5.41, 5.74) is 2.47. The first-order chi connectivity index (χ1) is 7.16. The quantitative estimate of drug-likeness (QED) is 0.732. The van der Waals surface area contributed by atoms with E-state index in [1.165, 1.54) is 5.56 Å². The molecule has 1 aromatic carbocycles. The molecule has 0 aromatic heterocycles. The van der Waals surface area contributed by atoms with Gasteiger partial charge in [0.25, 0.3) is 0 Å². The summed E-state index contributed by atoms with van der Waals surface area (Å²) in [6.07, 6.45) is 3.84. The van der Waals surface area contributed by atoms with E-state index in [9.17, 15) is 4.79 Å². The summed E-state index contributed by atoms with van der Waals surface area (Å²) in [5, 5.41) is 0. The number of Topliss-reactive ketones (excluding diaryl/α,β-unsaturated/α-hetero) is 1. The van der Waals surface area contributed by atoms with E-state index in [4.69, 9.17) is 0 Å². The van der Waals surface area contributed by atoms with Gasteiger partial charge in [-0.25, -0.2) is 0 Å². The van der Waals surface area contributed by atoms with Gasteiger partial charge in [-0.15, -0.1) is 0 Å². The Labute approximate surface area is 91.5 Å². The molecule has 0 amide bonds. The summed E-state index contributed by atoms with van der Waals surface area (Å²) in [6.45, 7) is 4.19. The molecule has 0 saturated heterocycles. The molecule has 0 aliphatic heterocycles. The molecule has 80 valence electrons. The van der Waals surface area contributed by atoms with Crippen molar-refractivity contribution in [3.8, 4) is 0 Å². The van der Waals surface area contributed by atoms with Crippen molar-refractivity contribution in [2.45, 2.75) is 39.5 Å². The molecule has 0 unspecified atom stereocenters. The van der Waals surface area contributed by atoms with Crippen molar-refractivity contribution < 1.29 is 4.79 Å². The van der Waals surface area contributed by atoms with Crippen LogP contribution in [0.25, 0.3) is 0 Å². The highest BCUT2D eigenvalue weighted by Crippen LogP contribution is 2.49. The van der Waals surface area contributed by atoms with Crippen LogP contribution in [0, 0.1) is 12.3 Å². The highest BCUT2D eigenvalue weighted by Gasteiger charge is 2.46. The van der Waals surface area contributed by atoms with E-state index in [0.717, 1.165) is 24.8 Å². The number of carbonyl (C=O) groups excluding carboxylic acids is 1. The number of rotatable bonds is 4. The highest BCUT2D eigenvalue weighted by molar-refractivity contribution is 5.89. The largest absolute Gasteiger partial charge is 0.299 e. The Morgan fingerprint density at radius 1 is 1.27 bits per heavy atom. The zero-order valence-corrected chi connectivity index (χ0v) is 9.55. The number of ketones is 1. The van der Waals surface area contributed by atoms with E-state index in [1.54, 1.807) is 0 Å². The Morgan fingerprint density at radius 3 is 2.33 bits per heavy atom. The Kier molecular flexibility index (Phi) is 2.64. The van der Waals surface area contributed by atoms with E-state index >= 15 is 0 Å². The van der Waals surface area contributed by atoms with Crippen molar-refractivity contribution >= 4 is 5.78 Å². The number of hydrogen-bond acceptors (Lipinski definition) is 1. The van der Waals surface area contributed by atoms with E-state index in [1.807, 2.05) is 0 Å². The number of carbonyl (C=O) groups is 1. The zero-order valence-electron chi connectivity index (χ0n) is 9.55. The van der Waals surface area contributed by atoms with Gasteiger partial charge < -0.3 is 0 Å². The topological polar surface area (TPSA) is 17.1 Å². The second-order valence-electron chi connectivity index (χ2n) is 4.72. The molecule has 1 aliphatic carbocycles. The van der Waals surface area contributed by atoms with Gasteiger partial charge in [0.1, 0.15) is 5.78 Å². The Balaban J connectivity index is 2.03. The van der Waals surface area contributed by atoms with Crippen molar-refractivity contribution in [3.63, 3.8) is 0 Å². The molecule has 0 spiro atoms. The average Bonchev–Trinajstić information content (AvgIpc) is 3.02. The third-order valence-corrected chi connectivity index (χ3v) is 3.61. The van der Waals surface area contributed by atoms with Crippen LogP contribution in [0.1, 0.15) is 37.3 Å². The highest BCUT2D eigenvalue weighted by atomic mass is 16.1. The second kappa shape index (κ2) is 3.80. The third-order valence-electron chi connectivity index (χ3n) is 3.61. The maximum absolute atomic E-state index is 12.0. The van der Waals surface area contributed by atoms with Crippen molar-refractivity contribution in [1.29, 1.82) is 0 Å². The van der Waals surface area contributed by atoms with Crippen LogP contribution in [0.3, 0.4) is 0 Å². The maximum atomic E-state index is 12.0. The normalized spacial score (nSPS) is 17.5. The SMILES string of the molecule is CCC1(C(=O)Cc2ccc(C)cc2)CC1. The van der Waals surface area contributed by atoms with Gasteiger partial charge >= 0.3 is 0 Å². The summed E-state index contributed by atoms with van der Waals surface area (Å²) in [5.74, 6) is 0.439. The van der Waals surface area contributed by atoms with Gasteiger partial charge in [0, 0.05) is 11.8 Å². The summed E-state index contributed by atoms with van der Waals surface area (Å²) in [6, 6.07) is 8.29. The molecule has 1 saturated carbocycles. The second-order valence-corrected chi connectivity index (χ2v) is 4.72. The summed E-state index contributed by atoms with van der Waals surface area (Å²) in [4.78, 5) is 12.0. The molecule has 1 aromatic rings. The molecule has 2 rings (SSSR count). The van der Waals surface area contributed by atoms with Crippen LogP contribution in [-0.4, -0.2) is 5.78 Å². The van der Waals surface area contributed by atoms with E-state index in [2.05, 4.69) is 38.1 Å². The molecule has 1 nitrogen and oxygen atoms in total. The fourth-order valence-electron chi connectivity index (χ4n) is 2.06. The molecular formula is C14H18O. The van der Waals surface area contributed by atoms with Gasteiger partial charge in [-0.2, -0.15) is 0 Å². The van der Waals surface area contributed by atoms with Crippen molar-refractivity contribution in [1.82, 2.24) is 0 Å². The van der Waals surface area contributed by atoms with Crippen molar-refractivity contribution in [3.05, 3.63) is 35.4 Å². The molecule has 1 aliphatic rings. The minimum Gasteiger partial charge on any atom is -0.299 e. The number of hydrogen-bond donors (Lipinski definition) is 0. The minimum atomic E-state index is 0.0604. The molecule has 0 N–H and O–H groups in total. The molecular weight excluding hydrogens is 184 g/mol. The van der Waals surface area contributed by atoms with Crippen LogP contribution in [0.5, 0.6) is 0 Å². The molecule has 15 heavy (non-hydrogen) atoms. The van der Waals surface area contributed by atoms with E-state index in [0.29, 0.717) is 12.2 Å². The first-order valence-electron chi connectivity index (χ1n) is 5.75. The first-order valence-corrected chi connectivity index (χ1v) is 5.75. The van der Waals surface area contributed by atoms with Crippen LogP contribution >= 0.6 is 0 Å². The van der Waals surface area contributed by atoms with Gasteiger partial charge in [-0.1, -0.05) is 36.8 Å². The van der Waals surface area contributed by atoms with Gasteiger partial charge in [-0.3, -0.25) is 4.79 Å².